The van der Waals surface area contributed by atoms with E-state index in [0.29, 0.717) is 18.1 Å². The molecule has 0 bridgehead atoms. The third-order valence-electron chi connectivity index (χ3n) is 4.01. The summed E-state index contributed by atoms with van der Waals surface area (Å²) in [5.74, 6) is 1.89. The van der Waals surface area contributed by atoms with Crippen LogP contribution in [0.3, 0.4) is 0 Å². The van der Waals surface area contributed by atoms with Gasteiger partial charge in [0.1, 0.15) is 30.6 Å². The average molecular weight is 389 g/mol. The molecule has 0 saturated carbocycles. The van der Waals surface area contributed by atoms with Gasteiger partial charge in [0.15, 0.2) is 0 Å². The van der Waals surface area contributed by atoms with Crippen molar-refractivity contribution in [2.24, 2.45) is 0 Å². The molecular formula is C21H27NO6. The number of rotatable bonds is 11. The molecule has 7 nitrogen and oxygen atoms in total. The maximum Gasteiger partial charge on any atom is 0.217 e. The fraction of sp³-hybridized carbons (Fsp3) is 0.381. The lowest BCUT2D eigenvalue weighted by Gasteiger charge is -2.22. The standard InChI is InChI=1S/C21H27NO6/c1-15(23)22-20(13-27-14-24-2)19-10-9-18(26-4)11-21(19)28-12-16-5-7-17(25-3)8-6-16/h5-11,20H,12-14H2,1-4H3,(H,22,23)/t20-/m1/s1. The van der Waals surface area contributed by atoms with E-state index in [2.05, 4.69) is 5.32 Å². The Morgan fingerprint density at radius 3 is 2.29 bits per heavy atom. The number of amides is 1. The molecule has 2 aromatic rings. The van der Waals surface area contributed by atoms with Crippen molar-refractivity contribution in [2.75, 3.05) is 34.7 Å². The van der Waals surface area contributed by atoms with Crippen LogP contribution in [0.25, 0.3) is 0 Å². The molecule has 28 heavy (non-hydrogen) atoms. The van der Waals surface area contributed by atoms with E-state index in [1.807, 2.05) is 36.4 Å². The Balaban J connectivity index is 2.22. The Morgan fingerprint density at radius 2 is 1.68 bits per heavy atom. The molecule has 7 heteroatoms. The summed E-state index contributed by atoms with van der Waals surface area (Å²) in [6.07, 6.45) is 0. The van der Waals surface area contributed by atoms with Crippen molar-refractivity contribution >= 4 is 5.91 Å². The van der Waals surface area contributed by atoms with Gasteiger partial charge in [-0.25, -0.2) is 0 Å². The lowest BCUT2D eigenvalue weighted by atomic mass is 10.1. The van der Waals surface area contributed by atoms with Gasteiger partial charge in [-0.3, -0.25) is 4.79 Å². The van der Waals surface area contributed by atoms with E-state index in [9.17, 15) is 4.79 Å². The van der Waals surface area contributed by atoms with E-state index >= 15 is 0 Å². The van der Waals surface area contributed by atoms with Crippen LogP contribution >= 0.6 is 0 Å². The SMILES string of the molecule is COCOC[C@@H](NC(C)=O)c1ccc(OC)cc1OCc1ccc(OC)cc1. The predicted octanol–water partition coefficient (Wildman–Crippen LogP) is 3.08. The van der Waals surface area contributed by atoms with E-state index in [1.54, 1.807) is 27.4 Å². The van der Waals surface area contributed by atoms with E-state index in [1.165, 1.54) is 6.92 Å². The summed E-state index contributed by atoms with van der Waals surface area (Å²) in [6, 6.07) is 12.7. The van der Waals surface area contributed by atoms with Crippen molar-refractivity contribution in [3.05, 3.63) is 53.6 Å². The average Bonchev–Trinajstić information content (AvgIpc) is 2.71. The van der Waals surface area contributed by atoms with Gasteiger partial charge in [0.2, 0.25) is 5.91 Å². The second-order valence-electron chi connectivity index (χ2n) is 6.07. The van der Waals surface area contributed by atoms with Gasteiger partial charge in [0.25, 0.3) is 0 Å². The Kier molecular flexibility index (Phi) is 8.58. The molecule has 0 radical (unpaired) electrons. The Morgan fingerprint density at radius 1 is 1.00 bits per heavy atom. The first-order chi connectivity index (χ1) is 13.6. The highest BCUT2D eigenvalue weighted by Gasteiger charge is 2.19. The van der Waals surface area contributed by atoms with E-state index in [0.717, 1.165) is 16.9 Å². The number of hydrogen-bond donors (Lipinski definition) is 1. The summed E-state index contributed by atoms with van der Waals surface area (Å²) < 4.78 is 26.9. The van der Waals surface area contributed by atoms with Gasteiger partial charge < -0.3 is 29.0 Å². The van der Waals surface area contributed by atoms with Gasteiger partial charge >= 0.3 is 0 Å². The first-order valence-electron chi connectivity index (χ1n) is 8.84. The molecule has 0 heterocycles. The van der Waals surface area contributed by atoms with Crippen LogP contribution in [-0.2, 0) is 20.9 Å². The second kappa shape index (κ2) is 11.2. The molecule has 0 aliphatic rings. The highest BCUT2D eigenvalue weighted by atomic mass is 16.7. The molecule has 0 fully saturated rings. The van der Waals surface area contributed by atoms with E-state index in [-0.39, 0.29) is 25.3 Å². The van der Waals surface area contributed by atoms with Gasteiger partial charge in [-0.1, -0.05) is 12.1 Å². The Bertz CT molecular complexity index is 747. The molecule has 152 valence electrons. The van der Waals surface area contributed by atoms with E-state index in [4.69, 9.17) is 23.7 Å². The monoisotopic (exact) mass is 389 g/mol. The van der Waals surface area contributed by atoms with Crippen LogP contribution in [0.2, 0.25) is 0 Å². The number of carbonyl (C=O) groups excluding carboxylic acids is 1. The molecule has 0 aliphatic heterocycles. The minimum absolute atomic E-state index is 0.133. The summed E-state index contributed by atoms with van der Waals surface area (Å²) in [4.78, 5) is 11.7. The van der Waals surface area contributed by atoms with Crippen molar-refractivity contribution < 1.29 is 28.5 Å². The fourth-order valence-corrected chi connectivity index (χ4v) is 2.64. The number of ether oxygens (including phenoxy) is 5. The molecule has 2 rings (SSSR count). The highest BCUT2D eigenvalue weighted by Crippen LogP contribution is 2.31. The minimum Gasteiger partial charge on any atom is -0.497 e. The lowest BCUT2D eigenvalue weighted by molar-refractivity contribution is -0.120. The quantitative estimate of drug-likeness (QED) is 0.470. The molecule has 1 atom stereocenters. The van der Waals surface area contributed by atoms with Gasteiger partial charge in [-0.15, -0.1) is 0 Å². The largest absolute Gasteiger partial charge is 0.497 e. The third-order valence-corrected chi connectivity index (χ3v) is 4.01. The number of methoxy groups -OCH3 is 3. The summed E-state index contributed by atoms with van der Waals surface area (Å²) in [5.41, 5.74) is 1.78. The normalized spacial score (nSPS) is 11.6. The number of nitrogens with one attached hydrogen (secondary N) is 1. The van der Waals surface area contributed by atoms with Crippen LogP contribution in [0.4, 0.5) is 0 Å². The molecule has 1 amide bonds. The predicted molar refractivity (Wildman–Crippen MR) is 105 cm³/mol. The molecule has 2 aromatic carbocycles. The lowest BCUT2D eigenvalue weighted by Crippen LogP contribution is -2.30. The number of carbonyl (C=O) groups is 1. The topological polar surface area (TPSA) is 75.3 Å². The van der Waals surface area contributed by atoms with Crippen molar-refractivity contribution in [3.63, 3.8) is 0 Å². The van der Waals surface area contributed by atoms with Crippen LogP contribution in [-0.4, -0.2) is 40.6 Å². The molecule has 0 aliphatic carbocycles. The third kappa shape index (κ3) is 6.44. The molecular weight excluding hydrogens is 362 g/mol. The van der Waals surface area contributed by atoms with Gasteiger partial charge in [-0.2, -0.15) is 0 Å². The molecule has 0 unspecified atom stereocenters. The van der Waals surface area contributed by atoms with E-state index < -0.39 is 0 Å². The first-order valence-corrected chi connectivity index (χ1v) is 8.84. The summed E-state index contributed by atoms with van der Waals surface area (Å²) >= 11 is 0. The molecule has 0 spiro atoms. The van der Waals surface area contributed by atoms with Gasteiger partial charge in [0.05, 0.1) is 26.9 Å². The fourth-order valence-electron chi connectivity index (χ4n) is 2.64. The zero-order valence-electron chi connectivity index (χ0n) is 16.7. The minimum atomic E-state index is -0.385. The highest BCUT2D eigenvalue weighted by molar-refractivity contribution is 5.73. The van der Waals surface area contributed by atoms with Crippen molar-refractivity contribution in [1.29, 1.82) is 0 Å². The smallest absolute Gasteiger partial charge is 0.217 e. The Labute approximate surface area is 165 Å². The van der Waals surface area contributed by atoms with Gasteiger partial charge in [0, 0.05) is 25.7 Å². The van der Waals surface area contributed by atoms with Crippen LogP contribution in [0.5, 0.6) is 17.2 Å². The van der Waals surface area contributed by atoms with Crippen molar-refractivity contribution in [1.82, 2.24) is 5.32 Å². The number of hydrogen-bond acceptors (Lipinski definition) is 6. The van der Waals surface area contributed by atoms with Crippen molar-refractivity contribution in [3.8, 4) is 17.2 Å². The maximum absolute atomic E-state index is 11.7. The second-order valence-corrected chi connectivity index (χ2v) is 6.07. The van der Waals surface area contributed by atoms with Crippen LogP contribution in [0.15, 0.2) is 42.5 Å². The summed E-state index contributed by atoms with van der Waals surface area (Å²) in [7, 11) is 4.77. The zero-order chi connectivity index (χ0) is 20.4. The van der Waals surface area contributed by atoms with Crippen molar-refractivity contribution in [2.45, 2.75) is 19.6 Å². The molecule has 1 N–H and O–H groups in total. The van der Waals surface area contributed by atoms with Crippen LogP contribution in [0, 0.1) is 0 Å². The first kappa shape index (κ1) is 21.5. The molecule has 0 aromatic heterocycles. The summed E-state index contributed by atoms with van der Waals surface area (Å²) in [6.45, 7) is 2.20. The Hall–Kier alpha value is -2.77. The van der Waals surface area contributed by atoms with Crippen LogP contribution < -0.4 is 19.5 Å². The number of benzene rings is 2. The van der Waals surface area contributed by atoms with Crippen LogP contribution in [0.1, 0.15) is 24.1 Å². The molecule has 0 saturated heterocycles. The summed E-state index contributed by atoms with van der Waals surface area (Å²) in [5, 5.41) is 2.89. The van der Waals surface area contributed by atoms with Gasteiger partial charge in [-0.05, 0) is 29.8 Å². The maximum atomic E-state index is 11.7. The zero-order valence-corrected chi connectivity index (χ0v) is 16.7.